The molecule has 0 spiro atoms. The van der Waals surface area contributed by atoms with Crippen LogP contribution in [0.3, 0.4) is 0 Å². The van der Waals surface area contributed by atoms with Crippen LogP contribution in [0.5, 0.6) is 0 Å². The fourth-order valence-electron chi connectivity index (χ4n) is 2.84. The van der Waals surface area contributed by atoms with Gasteiger partial charge in [-0.05, 0) is 12.6 Å². The van der Waals surface area contributed by atoms with Crippen molar-refractivity contribution in [3.05, 3.63) is 11.9 Å². The van der Waals surface area contributed by atoms with Crippen LogP contribution in [0.1, 0.15) is 5.69 Å². The monoisotopic (exact) mass is 309 g/mol. The average molecular weight is 309 g/mol. The second kappa shape index (κ2) is 4.86. The van der Waals surface area contributed by atoms with Crippen LogP contribution in [0, 0.1) is 11.2 Å². The number of nitriles is 1. The number of anilines is 2. The molecule has 1 fully saturated rings. The van der Waals surface area contributed by atoms with Crippen molar-refractivity contribution in [1.29, 1.82) is 5.26 Å². The maximum Gasteiger partial charge on any atom is 0.434 e. The summed E-state index contributed by atoms with van der Waals surface area (Å²) in [6.45, 7) is 0.165. The molecule has 0 radical (unpaired) electrons. The van der Waals surface area contributed by atoms with Gasteiger partial charge >= 0.3 is 6.18 Å². The molecule has 0 aromatic carbocycles. The number of fused-ring (bicyclic) bond motifs is 3. The van der Waals surface area contributed by atoms with Crippen LogP contribution in [0.4, 0.5) is 24.8 Å². The molecular formula is C12H11BF3N5O. The SMILES string of the molecule is CN1C(=O)C2CB(C#N)CCN2c2ncc(C(F)(F)F)nc21. The van der Waals surface area contributed by atoms with E-state index in [1.54, 1.807) is 4.90 Å². The van der Waals surface area contributed by atoms with Gasteiger partial charge in [-0.2, -0.15) is 13.2 Å². The first-order valence-corrected chi connectivity index (χ1v) is 6.71. The number of carbonyl (C=O) groups is 1. The third-order valence-electron chi connectivity index (χ3n) is 4.02. The van der Waals surface area contributed by atoms with Gasteiger partial charge < -0.3 is 4.90 Å². The molecule has 1 amide bonds. The minimum atomic E-state index is -4.61. The lowest BCUT2D eigenvalue weighted by Crippen LogP contribution is -2.57. The van der Waals surface area contributed by atoms with Gasteiger partial charge in [-0.3, -0.25) is 9.69 Å². The Morgan fingerprint density at radius 2 is 2.18 bits per heavy atom. The zero-order chi connectivity index (χ0) is 16.1. The predicted molar refractivity (Wildman–Crippen MR) is 72.6 cm³/mol. The Bertz CT molecular complexity index is 674. The summed E-state index contributed by atoms with van der Waals surface area (Å²) in [6, 6.07) is -0.568. The minimum Gasteiger partial charge on any atom is -0.343 e. The first-order valence-electron chi connectivity index (χ1n) is 6.71. The first-order chi connectivity index (χ1) is 10.3. The van der Waals surface area contributed by atoms with E-state index >= 15 is 0 Å². The first kappa shape index (κ1) is 14.6. The predicted octanol–water partition coefficient (Wildman–Crippen LogP) is 1.22. The highest BCUT2D eigenvalue weighted by atomic mass is 19.4. The summed E-state index contributed by atoms with van der Waals surface area (Å²) in [5, 5.41) is 9.01. The van der Waals surface area contributed by atoms with E-state index in [0.29, 0.717) is 25.4 Å². The number of carbonyl (C=O) groups excluding carboxylic acids is 1. The molecule has 0 saturated carbocycles. The van der Waals surface area contributed by atoms with E-state index in [2.05, 4.69) is 15.9 Å². The molecule has 114 valence electrons. The number of hydrogen-bond acceptors (Lipinski definition) is 5. The van der Waals surface area contributed by atoms with Crippen molar-refractivity contribution < 1.29 is 18.0 Å². The van der Waals surface area contributed by atoms with E-state index in [1.807, 2.05) is 0 Å². The topological polar surface area (TPSA) is 73.1 Å². The van der Waals surface area contributed by atoms with Crippen LogP contribution >= 0.6 is 0 Å². The third kappa shape index (κ3) is 2.17. The number of alkyl halides is 3. The Morgan fingerprint density at radius 1 is 1.45 bits per heavy atom. The van der Waals surface area contributed by atoms with Crippen molar-refractivity contribution in [1.82, 2.24) is 9.97 Å². The molecule has 10 heteroatoms. The summed E-state index contributed by atoms with van der Waals surface area (Å²) < 4.78 is 38.3. The van der Waals surface area contributed by atoms with E-state index in [9.17, 15) is 18.0 Å². The average Bonchev–Trinajstić information content (AvgIpc) is 2.50. The van der Waals surface area contributed by atoms with E-state index in [4.69, 9.17) is 5.26 Å². The Morgan fingerprint density at radius 3 is 2.82 bits per heavy atom. The highest BCUT2D eigenvalue weighted by molar-refractivity contribution is 6.67. The van der Waals surface area contributed by atoms with Crippen LogP contribution in [0.25, 0.3) is 0 Å². The number of amides is 1. The largest absolute Gasteiger partial charge is 0.434 e. The molecule has 1 aromatic heterocycles. The summed E-state index contributed by atoms with van der Waals surface area (Å²) in [4.78, 5) is 22.5. The molecule has 0 aliphatic carbocycles. The van der Waals surface area contributed by atoms with E-state index in [0.717, 1.165) is 4.90 Å². The molecular weight excluding hydrogens is 298 g/mol. The standard InChI is InChI=1S/C12H11BF3N5O/c1-20-10-9(18-5-8(19-10)12(14,15)16)21-3-2-13(6-17)4-7(21)11(20)22/h5,7H,2-4H2,1H3. The van der Waals surface area contributed by atoms with Crippen LogP contribution in [0.2, 0.25) is 12.6 Å². The van der Waals surface area contributed by atoms with Crippen molar-refractivity contribution in [2.45, 2.75) is 24.9 Å². The van der Waals surface area contributed by atoms with Gasteiger partial charge in [0, 0.05) is 19.6 Å². The van der Waals surface area contributed by atoms with Crippen molar-refractivity contribution in [2.75, 3.05) is 23.4 Å². The Balaban J connectivity index is 2.04. The molecule has 1 aromatic rings. The lowest BCUT2D eigenvalue weighted by molar-refractivity contribution is -0.141. The summed E-state index contributed by atoms with van der Waals surface area (Å²) in [6.07, 6.45) is -3.04. The van der Waals surface area contributed by atoms with Gasteiger partial charge in [0.05, 0.1) is 6.20 Å². The van der Waals surface area contributed by atoms with Gasteiger partial charge in [0.2, 0.25) is 5.91 Å². The van der Waals surface area contributed by atoms with Crippen molar-refractivity contribution in [3.8, 4) is 5.97 Å². The van der Waals surface area contributed by atoms with Gasteiger partial charge in [0.15, 0.2) is 17.3 Å². The molecule has 2 aliphatic rings. The minimum absolute atomic E-state index is 0.0912. The summed E-state index contributed by atoms with van der Waals surface area (Å²) in [5.74, 6) is 1.95. The number of hydrogen-bond donors (Lipinski definition) is 0. The highest BCUT2D eigenvalue weighted by Gasteiger charge is 2.44. The van der Waals surface area contributed by atoms with Crippen molar-refractivity contribution in [2.24, 2.45) is 0 Å². The lowest BCUT2D eigenvalue weighted by Gasteiger charge is -2.43. The Labute approximate surface area is 124 Å². The third-order valence-corrected chi connectivity index (χ3v) is 4.02. The molecule has 0 N–H and O–H groups in total. The van der Waals surface area contributed by atoms with Gasteiger partial charge in [-0.25, -0.2) is 15.2 Å². The molecule has 1 unspecified atom stereocenters. The lowest BCUT2D eigenvalue weighted by atomic mass is 9.43. The second-order valence-corrected chi connectivity index (χ2v) is 5.36. The fraction of sp³-hybridized carbons (Fsp3) is 0.500. The highest BCUT2D eigenvalue weighted by Crippen LogP contribution is 2.38. The molecule has 22 heavy (non-hydrogen) atoms. The number of rotatable bonds is 0. The number of aromatic nitrogens is 2. The quantitative estimate of drug-likeness (QED) is 0.674. The molecule has 3 heterocycles. The smallest absolute Gasteiger partial charge is 0.343 e. The van der Waals surface area contributed by atoms with Gasteiger partial charge in [-0.15, -0.1) is 0 Å². The maximum absolute atomic E-state index is 12.8. The molecule has 3 rings (SSSR count). The summed E-state index contributed by atoms with van der Waals surface area (Å²) in [7, 11) is 1.38. The van der Waals surface area contributed by atoms with Crippen LogP contribution < -0.4 is 9.80 Å². The maximum atomic E-state index is 12.8. The number of nitrogens with zero attached hydrogens (tertiary/aromatic N) is 5. The van der Waals surface area contributed by atoms with E-state index in [1.165, 1.54) is 7.05 Å². The zero-order valence-corrected chi connectivity index (χ0v) is 11.6. The van der Waals surface area contributed by atoms with Crippen LogP contribution in [-0.4, -0.2) is 42.2 Å². The van der Waals surface area contributed by atoms with Crippen molar-refractivity contribution in [3.63, 3.8) is 0 Å². The molecule has 6 nitrogen and oxygen atoms in total. The normalized spacial score (nSPS) is 21.3. The fourth-order valence-corrected chi connectivity index (χ4v) is 2.84. The van der Waals surface area contributed by atoms with Crippen LogP contribution in [-0.2, 0) is 11.0 Å². The second-order valence-electron chi connectivity index (χ2n) is 5.36. The van der Waals surface area contributed by atoms with E-state index in [-0.39, 0.29) is 24.3 Å². The summed E-state index contributed by atoms with van der Waals surface area (Å²) >= 11 is 0. The van der Waals surface area contributed by atoms with Crippen molar-refractivity contribution >= 4 is 24.3 Å². The van der Waals surface area contributed by atoms with Gasteiger partial charge in [0.1, 0.15) is 6.04 Å². The van der Waals surface area contributed by atoms with Crippen LogP contribution in [0.15, 0.2) is 6.20 Å². The molecule has 0 bridgehead atoms. The Hall–Kier alpha value is -2.31. The number of halogens is 3. The van der Waals surface area contributed by atoms with Gasteiger partial charge in [-0.1, -0.05) is 0 Å². The molecule has 1 saturated heterocycles. The van der Waals surface area contributed by atoms with E-state index < -0.39 is 17.9 Å². The number of likely N-dealkylation sites (N-methyl/N-ethyl adjacent to an activating group) is 1. The Kier molecular flexibility index (Phi) is 3.23. The summed E-state index contributed by atoms with van der Waals surface area (Å²) in [5.41, 5.74) is -1.13. The zero-order valence-electron chi connectivity index (χ0n) is 11.6. The molecule has 1 atom stereocenters. The molecule has 2 aliphatic heterocycles. The van der Waals surface area contributed by atoms with Gasteiger partial charge in [0.25, 0.3) is 6.71 Å².